The van der Waals surface area contributed by atoms with E-state index in [9.17, 15) is 0 Å². The van der Waals surface area contributed by atoms with Crippen LogP contribution in [0, 0.1) is 5.92 Å². The summed E-state index contributed by atoms with van der Waals surface area (Å²) in [5, 5.41) is 6.80. The molecule has 2 N–H and O–H groups in total. The Bertz CT molecular complexity index is 283. The molecule has 2 heterocycles. The first-order valence-corrected chi connectivity index (χ1v) is 7.18. The SMILES string of the molecule is C1CN=C(NCC2CCN(C3CC3)CC2)NC1.I. The van der Waals surface area contributed by atoms with E-state index >= 15 is 0 Å². The van der Waals surface area contributed by atoms with Crippen LogP contribution in [0.5, 0.6) is 0 Å². The summed E-state index contributed by atoms with van der Waals surface area (Å²) in [6.45, 7) is 5.79. The van der Waals surface area contributed by atoms with Crippen molar-refractivity contribution in [3.8, 4) is 0 Å². The number of rotatable bonds is 3. The summed E-state index contributed by atoms with van der Waals surface area (Å²) < 4.78 is 0. The standard InChI is InChI=1S/C13H24N4.HI/c1-6-14-13(15-7-1)16-10-11-4-8-17(9-5-11)12-2-3-12;/h11-12H,1-10H2,(H2,14,15,16);1H. The van der Waals surface area contributed by atoms with Gasteiger partial charge in [-0.2, -0.15) is 0 Å². The molecule has 0 aromatic carbocycles. The highest BCUT2D eigenvalue weighted by molar-refractivity contribution is 14.0. The molecule has 0 aromatic rings. The third kappa shape index (κ3) is 3.98. The second kappa shape index (κ2) is 6.93. The average Bonchev–Trinajstić information content (AvgIpc) is 3.23. The molecule has 1 saturated heterocycles. The van der Waals surface area contributed by atoms with Crippen LogP contribution in [-0.4, -0.2) is 49.6 Å². The highest BCUT2D eigenvalue weighted by Crippen LogP contribution is 2.30. The van der Waals surface area contributed by atoms with Crippen LogP contribution in [0.15, 0.2) is 4.99 Å². The molecule has 1 aliphatic carbocycles. The Morgan fingerprint density at radius 3 is 2.61 bits per heavy atom. The number of guanidine groups is 1. The van der Waals surface area contributed by atoms with Gasteiger partial charge in [0.15, 0.2) is 5.96 Å². The molecule has 0 atom stereocenters. The Morgan fingerprint density at radius 2 is 2.00 bits per heavy atom. The molecule has 4 nitrogen and oxygen atoms in total. The Morgan fingerprint density at radius 1 is 1.22 bits per heavy atom. The lowest BCUT2D eigenvalue weighted by Gasteiger charge is -2.32. The summed E-state index contributed by atoms with van der Waals surface area (Å²) in [6, 6.07) is 0.952. The van der Waals surface area contributed by atoms with Gasteiger partial charge in [-0.05, 0) is 51.1 Å². The van der Waals surface area contributed by atoms with Crippen molar-refractivity contribution in [2.75, 3.05) is 32.7 Å². The second-order valence-electron chi connectivity index (χ2n) is 5.60. The van der Waals surface area contributed by atoms with Crippen molar-refractivity contribution >= 4 is 29.9 Å². The van der Waals surface area contributed by atoms with Gasteiger partial charge in [-0.3, -0.25) is 4.99 Å². The first-order chi connectivity index (χ1) is 8.42. The Balaban J connectivity index is 0.00000120. The number of aliphatic imine (C=N–C) groups is 1. The summed E-state index contributed by atoms with van der Waals surface area (Å²) in [7, 11) is 0. The lowest BCUT2D eigenvalue weighted by molar-refractivity contribution is 0.177. The van der Waals surface area contributed by atoms with Crippen LogP contribution in [-0.2, 0) is 0 Å². The highest BCUT2D eigenvalue weighted by atomic mass is 127. The smallest absolute Gasteiger partial charge is 0.191 e. The van der Waals surface area contributed by atoms with Crippen LogP contribution >= 0.6 is 24.0 Å². The van der Waals surface area contributed by atoms with Crippen LogP contribution in [0.2, 0.25) is 0 Å². The molecule has 0 unspecified atom stereocenters. The summed E-state index contributed by atoms with van der Waals surface area (Å²) in [6.07, 6.45) is 6.78. The van der Waals surface area contributed by atoms with E-state index in [-0.39, 0.29) is 24.0 Å². The minimum absolute atomic E-state index is 0. The third-order valence-corrected chi connectivity index (χ3v) is 4.17. The normalized spacial score (nSPS) is 25.9. The molecule has 0 aromatic heterocycles. The van der Waals surface area contributed by atoms with Crippen molar-refractivity contribution in [3.05, 3.63) is 0 Å². The maximum absolute atomic E-state index is 4.45. The van der Waals surface area contributed by atoms with E-state index in [1.54, 1.807) is 0 Å². The van der Waals surface area contributed by atoms with Gasteiger partial charge in [0.2, 0.25) is 0 Å². The van der Waals surface area contributed by atoms with Crippen LogP contribution < -0.4 is 10.6 Å². The predicted octanol–water partition coefficient (Wildman–Crippen LogP) is 1.42. The Labute approximate surface area is 127 Å². The van der Waals surface area contributed by atoms with Crippen molar-refractivity contribution < 1.29 is 0 Å². The van der Waals surface area contributed by atoms with Gasteiger partial charge in [0.25, 0.3) is 0 Å². The number of likely N-dealkylation sites (tertiary alicyclic amines) is 1. The van der Waals surface area contributed by atoms with E-state index in [2.05, 4.69) is 20.5 Å². The first-order valence-electron chi connectivity index (χ1n) is 7.18. The molecular formula is C13H25IN4. The van der Waals surface area contributed by atoms with Crippen molar-refractivity contribution in [1.29, 1.82) is 0 Å². The zero-order valence-electron chi connectivity index (χ0n) is 11.0. The quantitative estimate of drug-likeness (QED) is 0.745. The summed E-state index contributed by atoms with van der Waals surface area (Å²) in [4.78, 5) is 7.14. The topological polar surface area (TPSA) is 39.7 Å². The molecule has 0 bridgehead atoms. The van der Waals surface area contributed by atoms with Gasteiger partial charge in [0.05, 0.1) is 0 Å². The Kier molecular flexibility index (Phi) is 5.54. The lowest BCUT2D eigenvalue weighted by atomic mass is 9.97. The number of piperidine rings is 1. The number of nitrogens with one attached hydrogen (secondary N) is 2. The maximum atomic E-state index is 4.45. The van der Waals surface area contributed by atoms with E-state index in [1.807, 2.05) is 0 Å². The number of hydrogen-bond acceptors (Lipinski definition) is 4. The van der Waals surface area contributed by atoms with Gasteiger partial charge >= 0.3 is 0 Å². The average molecular weight is 364 g/mol. The van der Waals surface area contributed by atoms with E-state index in [0.717, 1.165) is 37.6 Å². The minimum Gasteiger partial charge on any atom is -0.356 e. The second-order valence-corrected chi connectivity index (χ2v) is 5.60. The molecule has 3 rings (SSSR count). The van der Waals surface area contributed by atoms with Gasteiger partial charge in [0, 0.05) is 25.7 Å². The predicted molar refractivity (Wildman–Crippen MR) is 85.7 cm³/mol. The van der Waals surface area contributed by atoms with E-state index in [1.165, 1.54) is 45.2 Å². The monoisotopic (exact) mass is 364 g/mol. The van der Waals surface area contributed by atoms with Crippen molar-refractivity contribution in [1.82, 2.24) is 15.5 Å². The number of nitrogens with zero attached hydrogens (tertiary/aromatic N) is 2. The molecule has 1 saturated carbocycles. The molecule has 3 aliphatic rings. The molecular weight excluding hydrogens is 339 g/mol. The van der Waals surface area contributed by atoms with Crippen molar-refractivity contribution in [3.63, 3.8) is 0 Å². The van der Waals surface area contributed by atoms with Gasteiger partial charge in [-0.1, -0.05) is 0 Å². The molecule has 0 spiro atoms. The molecule has 0 radical (unpaired) electrons. The fourth-order valence-corrected chi connectivity index (χ4v) is 2.85. The lowest BCUT2D eigenvalue weighted by Crippen LogP contribution is -2.44. The zero-order valence-corrected chi connectivity index (χ0v) is 13.4. The first kappa shape index (κ1) is 14.4. The van der Waals surface area contributed by atoms with Crippen LogP contribution in [0.25, 0.3) is 0 Å². The molecule has 0 amide bonds. The maximum Gasteiger partial charge on any atom is 0.191 e. The van der Waals surface area contributed by atoms with Gasteiger partial charge in [-0.25, -0.2) is 0 Å². The van der Waals surface area contributed by atoms with E-state index in [4.69, 9.17) is 0 Å². The third-order valence-electron chi connectivity index (χ3n) is 4.17. The van der Waals surface area contributed by atoms with Crippen molar-refractivity contribution in [2.45, 2.75) is 38.1 Å². The fraction of sp³-hybridized carbons (Fsp3) is 0.923. The highest BCUT2D eigenvalue weighted by Gasteiger charge is 2.31. The van der Waals surface area contributed by atoms with E-state index < -0.39 is 0 Å². The molecule has 5 heteroatoms. The van der Waals surface area contributed by atoms with Crippen LogP contribution in [0.4, 0.5) is 0 Å². The largest absolute Gasteiger partial charge is 0.356 e. The molecule has 2 fully saturated rings. The zero-order chi connectivity index (χ0) is 11.5. The Hall–Kier alpha value is -0.0400. The van der Waals surface area contributed by atoms with Crippen LogP contribution in [0.1, 0.15) is 32.1 Å². The summed E-state index contributed by atoms with van der Waals surface area (Å²) in [5.41, 5.74) is 0. The molecule has 104 valence electrons. The number of hydrogen-bond donors (Lipinski definition) is 2. The van der Waals surface area contributed by atoms with Crippen LogP contribution in [0.3, 0.4) is 0 Å². The summed E-state index contributed by atoms with van der Waals surface area (Å²) >= 11 is 0. The van der Waals surface area contributed by atoms with Gasteiger partial charge < -0.3 is 15.5 Å². The number of halogens is 1. The minimum atomic E-state index is 0. The molecule has 2 aliphatic heterocycles. The fourth-order valence-electron chi connectivity index (χ4n) is 2.85. The van der Waals surface area contributed by atoms with Crippen molar-refractivity contribution in [2.24, 2.45) is 10.9 Å². The summed E-state index contributed by atoms with van der Waals surface area (Å²) in [5.74, 6) is 1.87. The molecule has 18 heavy (non-hydrogen) atoms. The van der Waals surface area contributed by atoms with E-state index in [0.29, 0.717) is 0 Å². The van der Waals surface area contributed by atoms with Gasteiger partial charge in [-0.15, -0.1) is 24.0 Å². The van der Waals surface area contributed by atoms with Gasteiger partial charge in [0.1, 0.15) is 0 Å².